The third-order valence-corrected chi connectivity index (χ3v) is 3.99. The molecule has 0 unspecified atom stereocenters. The fraction of sp³-hybridized carbons (Fsp3) is 0.857. The normalized spacial score (nSPS) is 15.4. The Morgan fingerprint density at radius 1 is 0.875 bits per heavy atom. The van der Waals surface area contributed by atoms with Gasteiger partial charge in [0.15, 0.2) is 23.8 Å². The second-order valence-electron chi connectivity index (χ2n) is 7.20. The molecular weight excluding hydrogens is 373 g/mol. The van der Waals surface area contributed by atoms with Crippen molar-refractivity contribution in [3.63, 3.8) is 0 Å². The molecular formula is C14H28NO6PS2. The molecule has 0 aromatic carbocycles. The minimum absolute atomic E-state index is 0.127. The summed E-state index contributed by atoms with van der Waals surface area (Å²) in [6.07, 6.45) is -1.77. The fourth-order valence-electron chi connectivity index (χ4n) is 1.48. The molecule has 7 nitrogen and oxygen atoms in total. The molecule has 0 amide bonds. The Kier molecular flexibility index (Phi) is 10.5. The van der Waals surface area contributed by atoms with Crippen LogP contribution in [0.2, 0.25) is 0 Å². The lowest BCUT2D eigenvalue weighted by Gasteiger charge is -2.24. The summed E-state index contributed by atoms with van der Waals surface area (Å²) in [7, 11) is -2.10. The molecule has 2 atom stereocenters. The molecule has 0 fully saturated rings. The van der Waals surface area contributed by atoms with Crippen LogP contribution in [0.15, 0.2) is 0 Å². The molecule has 0 saturated carbocycles. The van der Waals surface area contributed by atoms with Gasteiger partial charge in [0.05, 0.1) is 0 Å². The van der Waals surface area contributed by atoms with Crippen LogP contribution in [0.4, 0.5) is 0 Å². The number of hydrogen-bond donors (Lipinski definition) is 3. The summed E-state index contributed by atoms with van der Waals surface area (Å²) in [5, 5.41) is 0. The Morgan fingerprint density at radius 3 is 1.38 bits per heavy atom. The fourth-order valence-corrected chi connectivity index (χ4v) is 2.34. The van der Waals surface area contributed by atoms with E-state index in [0.717, 1.165) is 0 Å². The topological polar surface area (TPSA) is 97.1 Å². The summed E-state index contributed by atoms with van der Waals surface area (Å²) >= 11 is 8.12. The van der Waals surface area contributed by atoms with E-state index < -0.39 is 31.6 Å². The highest BCUT2D eigenvalue weighted by Crippen LogP contribution is 2.32. The average Bonchev–Trinajstić information content (AvgIpc) is 2.46. The summed E-state index contributed by atoms with van der Waals surface area (Å²) in [6.45, 7) is 10.6. The zero-order chi connectivity index (χ0) is 19.1. The van der Waals surface area contributed by atoms with Crippen molar-refractivity contribution in [1.82, 2.24) is 0 Å². The van der Waals surface area contributed by atoms with Crippen LogP contribution in [0.3, 0.4) is 0 Å². The Morgan fingerprint density at radius 2 is 1.17 bits per heavy atom. The lowest BCUT2D eigenvalue weighted by molar-refractivity contribution is -0.279. The van der Waals surface area contributed by atoms with E-state index >= 15 is 0 Å². The first-order chi connectivity index (χ1) is 10.8. The van der Waals surface area contributed by atoms with E-state index in [1.165, 1.54) is 0 Å². The molecule has 0 aromatic rings. The van der Waals surface area contributed by atoms with Gasteiger partial charge in [0, 0.05) is 22.3 Å². The Hall–Kier alpha value is 0.270. The van der Waals surface area contributed by atoms with Gasteiger partial charge in [-0.2, -0.15) is 34.6 Å². The highest BCUT2D eigenvalue weighted by Gasteiger charge is 2.33. The van der Waals surface area contributed by atoms with Gasteiger partial charge in [0.1, 0.15) is 0 Å². The van der Waals surface area contributed by atoms with Crippen LogP contribution in [0, 0.1) is 10.8 Å². The van der Waals surface area contributed by atoms with Crippen LogP contribution in [-0.2, 0) is 28.7 Å². The van der Waals surface area contributed by atoms with Gasteiger partial charge in [-0.05, 0) is 0 Å². The minimum Gasteiger partial charge on any atom is -0.296 e. The van der Waals surface area contributed by atoms with Gasteiger partial charge in [0.25, 0.3) is 0 Å². The quantitative estimate of drug-likeness (QED) is 0.224. The van der Waals surface area contributed by atoms with Crippen molar-refractivity contribution in [2.24, 2.45) is 16.3 Å². The number of nitrogens with two attached hydrogens (primary N) is 1. The minimum atomic E-state index is -2.10. The van der Waals surface area contributed by atoms with E-state index in [0.29, 0.717) is 0 Å². The number of thiol groups is 2. The molecule has 0 aliphatic rings. The van der Waals surface area contributed by atoms with E-state index in [9.17, 15) is 9.59 Å². The zero-order valence-electron chi connectivity index (χ0n) is 14.9. The molecule has 0 aromatic heterocycles. The summed E-state index contributed by atoms with van der Waals surface area (Å²) < 4.78 is 9.72. The molecule has 0 radical (unpaired) electrons. The van der Waals surface area contributed by atoms with Gasteiger partial charge in [-0.1, -0.05) is 41.5 Å². The van der Waals surface area contributed by atoms with E-state index in [1.54, 1.807) is 41.5 Å². The molecule has 0 saturated heterocycles. The monoisotopic (exact) mass is 401 g/mol. The number of ketones is 2. The van der Waals surface area contributed by atoms with Gasteiger partial charge in [-0.3, -0.25) is 15.1 Å². The van der Waals surface area contributed by atoms with Crippen molar-refractivity contribution in [2.45, 2.75) is 53.8 Å². The predicted molar refractivity (Wildman–Crippen MR) is 99.7 cm³/mol. The van der Waals surface area contributed by atoms with Crippen LogP contribution in [0.25, 0.3) is 0 Å². The lowest BCUT2D eigenvalue weighted by atomic mass is 9.88. The summed E-state index contributed by atoms with van der Waals surface area (Å²) in [5.41, 5.74) is 4.38. The molecule has 0 rings (SSSR count). The first-order valence-electron chi connectivity index (χ1n) is 7.36. The van der Waals surface area contributed by atoms with E-state index in [2.05, 4.69) is 25.3 Å². The molecule has 2 N–H and O–H groups in total. The van der Waals surface area contributed by atoms with Crippen molar-refractivity contribution < 1.29 is 28.7 Å². The van der Waals surface area contributed by atoms with Crippen molar-refractivity contribution in [3.05, 3.63) is 0 Å². The third kappa shape index (κ3) is 8.58. The first kappa shape index (κ1) is 24.3. The molecule has 0 aliphatic carbocycles. The third-order valence-electron chi connectivity index (χ3n) is 2.86. The molecule has 0 aliphatic heterocycles. The number of carbonyl (C=O) groups excluding carboxylic acids is 2. The van der Waals surface area contributed by atoms with Gasteiger partial charge in [-0.25, -0.2) is 9.78 Å². The smallest absolute Gasteiger partial charge is 0.296 e. The molecule has 0 bridgehead atoms. The predicted octanol–water partition coefficient (Wildman–Crippen LogP) is 2.90. The highest BCUT2D eigenvalue weighted by molar-refractivity contribution is 7.80. The zero-order valence-corrected chi connectivity index (χ0v) is 17.6. The molecule has 0 spiro atoms. The van der Waals surface area contributed by atoms with Crippen LogP contribution in [0.5, 0.6) is 0 Å². The van der Waals surface area contributed by atoms with Crippen molar-refractivity contribution >= 4 is 45.4 Å². The Balaban J connectivity index is 4.46. The summed E-state index contributed by atoms with van der Waals surface area (Å²) in [4.78, 5) is 34.2. The standard InChI is InChI=1S/C14H28NO6PS2/c1-13(2,3)11(16)9(7-23)18-20-22(15)21-19-10(8-24)12(17)14(4,5)6/h9-10,23-24H,7-8,15H2,1-6H3/t9-,10-/m1/s1. The highest BCUT2D eigenvalue weighted by atomic mass is 32.1. The van der Waals surface area contributed by atoms with Gasteiger partial charge in [-0.15, -0.1) is 0 Å². The van der Waals surface area contributed by atoms with Gasteiger partial charge < -0.3 is 0 Å². The average molecular weight is 401 g/mol. The van der Waals surface area contributed by atoms with Crippen LogP contribution < -0.4 is 5.50 Å². The first-order valence-corrected chi connectivity index (χ1v) is 9.87. The molecule has 142 valence electrons. The van der Waals surface area contributed by atoms with Crippen LogP contribution in [-0.4, -0.2) is 35.3 Å². The Bertz CT molecular complexity index is 386. The maximum absolute atomic E-state index is 12.1. The summed E-state index contributed by atoms with van der Waals surface area (Å²) in [5.74, 6) is -0.111. The maximum Gasteiger partial charge on any atom is 0.318 e. The number of carbonyl (C=O) groups is 2. The van der Waals surface area contributed by atoms with E-state index in [4.69, 9.17) is 24.6 Å². The summed E-state index contributed by atoms with van der Waals surface area (Å²) in [6, 6.07) is 0. The van der Waals surface area contributed by atoms with Gasteiger partial charge in [0.2, 0.25) is 0 Å². The molecule has 10 heteroatoms. The Labute approximate surface area is 155 Å². The van der Waals surface area contributed by atoms with E-state index in [1.807, 2.05) is 0 Å². The largest absolute Gasteiger partial charge is 0.318 e. The second-order valence-corrected chi connectivity index (χ2v) is 8.80. The van der Waals surface area contributed by atoms with Crippen molar-refractivity contribution in [3.8, 4) is 0 Å². The van der Waals surface area contributed by atoms with Crippen molar-refractivity contribution in [1.29, 1.82) is 0 Å². The lowest BCUT2D eigenvalue weighted by Crippen LogP contribution is -2.36. The number of rotatable bonds is 10. The SMILES string of the molecule is CC(C)(C)C(=O)[C@@H](CS)OOP(N)OO[C@H](CS)C(=O)C(C)(C)C. The molecule has 0 heterocycles. The molecule has 24 heavy (non-hydrogen) atoms. The number of hydrogen-bond acceptors (Lipinski definition) is 9. The van der Waals surface area contributed by atoms with E-state index in [-0.39, 0.29) is 23.1 Å². The van der Waals surface area contributed by atoms with Gasteiger partial charge >= 0.3 is 8.53 Å². The number of Topliss-reactive ketones (excluding diaryl/α,β-unsaturated/α-hetero) is 2. The van der Waals surface area contributed by atoms with Crippen LogP contribution in [0.1, 0.15) is 41.5 Å². The van der Waals surface area contributed by atoms with Crippen LogP contribution >= 0.6 is 33.8 Å². The second kappa shape index (κ2) is 10.4. The maximum atomic E-state index is 12.1. The van der Waals surface area contributed by atoms with Crippen molar-refractivity contribution in [2.75, 3.05) is 11.5 Å².